The quantitative estimate of drug-likeness (QED) is 0.729. The monoisotopic (exact) mass is 213 g/mol. The van der Waals surface area contributed by atoms with Gasteiger partial charge in [-0.2, -0.15) is 0 Å². The number of nitrogens with zero attached hydrogens (tertiary/aromatic N) is 1. The first-order chi connectivity index (χ1) is 7.11. The fourth-order valence-corrected chi connectivity index (χ4v) is 2.65. The van der Waals surface area contributed by atoms with Crippen molar-refractivity contribution >= 4 is 5.97 Å². The molecule has 0 heterocycles. The average molecular weight is 213 g/mol. The molecule has 0 radical (unpaired) electrons. The third-order valence-corrected chi connectivity index (χ3v) is 3.49. The van der Waals surface area contributed by atoms with E-state index in [-0.39, 0.29) is 12.5 Å². The van der Waals surface area contributed by atoms with Crippen LogP contribution in [-0.2, 0) is 4.79 Å². The van der Waals surface area contributed by atoms with Crippen LogP contribution in [0.5, 0.6) is 0 Å². The van der Waals surface area contributed by atoms with Gasteiger partial charge in [0, 0.05) is 6.04 Å². The van der Waals surface area contributed by atoms with Gasteiger partial charge in [0.15, 0.2) is 0 Å². The Kier molecular flexibility index (Phi) is 5.09. The van der Waals surface area contributed by atoms with E-state index in [1.807, 2.05) is 14.1 Å². The molecule has 1 fully saturated rings. The maximum atomic E-state index is 10.8. The summed E-state index contributed by atoms with van der Waals surface area (Å²) in [6, 6.07) is 0.223. The van der Waals surface area contributed by atoms with Crippen LogP contribution in [0.2, 0.25) is 0 Å². The summed E-state index contributed by atoms with van der Waals surface area (Å²) in [7, 11) is 4.00. The number of hydrogen-bond donors (Lipinski definition) is 1. The smallest absolute Gasteiger partial charge is 0.304 e. The molecule has 0 aromatic heterocycles. The Morgan fingerprint density at radius 1 is 1.27 bits per heavy atom. The van der Waals surface area contributed by atoms with Crippen molar-refractivity contribution in [2.75, 3.05) is 14.1 Å². The van der Waals surface area contributed by atoms with Gasteiger partial charge in [-0.25, -0.2) is 0 Å². The molecular weight excluding hydrogens is 190 g/mol. The number of carboxylic acids is 1. The molecule has 15 heavy (non-hydrogen) atoms. The largest absolute Gasteiger partial charge is 0.481 e. The number of carboxylic acid groups (broad SMARTS) is 1. The highest BCUT2D eigenvalue weighted by molar-refractivity contribution is 5.67. The van der Waals surface area contributed by atoms with E-state index in [4.69, 9.17) is 5.11 Å². The first kappa shape index (κ1) is 12.5. The number of rotatable bonds is 4. The average Bonchev–Trinajstić information content (AvgIpc) is 2.41. The molecule has 0 aromatic carbocycles. The number of hydrogen-bond acceptors (Lipinski definition) is 2. The summed E-state index contributed by atoms with van der Waals surface area (Å²) in [4.78, 5) is 12.9. The fourth-order valence-electron chi connectivity index (χ4n) is 2.65. The normalized spacial score (nSPS) is 21.3. The molecule has 0 bridgehead atoms. The van der Waals surface area contributed by atoms with Gasteiger partial charge in [0.1, 0.15) is 0 Å². The van der Waals surface area contributed by atoms with Crippen LogP contribution in [-0.4, -0.2) is 36.1 Å². The first-order valence-corrected chi connectivity index (χ1v) is 5.99. The Hall–Kier alpha value is -0.570. The SMILES string of the molecule is CN(C)C(CC(=O)O)C1CCCCCC1. The highest BCUT2D eigenvalue weighted by Gasteiger charge is 2.26. The van der Waals surface area contributed by atoms with Gasteiger partial charge < -0.3 is 10.0 Å². The zero-order valence-corrected chi connectivity index (χ0v) is 9.91. The van der Waals surface area contributed by atoms with Gasteiger partial charge in [-0.05, 0) is 32.9 Å². The van der Waals surface area contributed by atoms with Crippen molar-refractivity contribution in [1.29, 1.82) is 0 Å². The zero-order chi connectivity index (χ0) is 11.3. The zero-order valence-electron chi connectivity index (χ0n) is 9.91. The lowest BCUT2D eigenvalue weighted by atomic mass is 9.89. The maximum absolute atomic E-state index is 10.8. The molecule has 0 aliphatic heterocycles. The van der Waals surface area contributed by atoms with E-state index < -0.39 is 5.97 Å². The molecule has 0 amide bonds. The summed E-state index contributed by atoms with van der Waals surface area (Å²) in [5.41, 5.74) is 0. The van der Waals surface area contributed by atoms with E-state index in [0.717, 1.165) is 0 Å². The lowest BCUT2D eigenvalue weighted by Gasteiger charge is -2.30. The molecule has 88 valence electrons. The van der Waals surface area contributed by atoms with Gasteiger partial charge >= 0.3 is 5.97 Å². The number of carbonyl (C=O) groups is 1. The van der Waals surface area contributed by atoms with Crippen LogP contribution in [0.1, 0.15) is 44.9 Å². The Morgan fingerprint density at radius 2 is 1.80 bits per heavy atom. The van der Waals surface area contributed by atoms with E-state index in [1.165, 1.54) is 38.5 Å². The van der Waals surface area contributed by atoms with Crippen LogP contribution in [0.15, 0.2) is 0 Å². The molecule has 1 saturated carbocycles. The molecule has 1 atom stereocenters. The molecule has 1 aliphatic rings. The Balaban J connectivity index is 2.55. The van der Waals surface area contributed by atoms with Crippen LogP contribution >= 0.6 is 0 Å². The van der Waals surface area contributed by atoms with Crippen molar-refractivity contribution in [2.24, 2.45) is 5.92 Å². The summed E-state index contributed by atoms with van der Waals surface area (Å²) >= 11 is 0. The lowest BCUT2D eigenvalue weighted by Crippen LogP contribution is -2.37. The van der Waals surface area contributed by atoms with Gasteiger partial charge in [0.25, 0.3) is 0 Å². The van der Waals surface area contributed by atoms with Gasteiger partial charge in [-0.1, -0.05) is 25.7 Å². The predicted octanol–water partition coefficient (Wildman–Crippen LogP) is 2.36. The number of aliphatic carboxylic acids is 1. The summed E-state index contributed by atoms with van der Waals surface area (Å²) in [6.45, 7) is 0. The third kappa shape index (κ3) is 4.20. The maximum Gasteiger partial charge on any atom is 0.304 e. The van der Waals surface area contributed by atoms with Crippen LogP contribution in [0.25, 0.3) is 0 Å². The van der Waals surface area contributed by atoms with E-state index in [9.17, 15) is 4.79 Å². The summed E-state index contributed by atoms with van der Waals surface area (Å²) < 4.78 is 0. The Bertz CT molecular complexity index is 196. The summed E-state index contributed by atoms with van der Waals surface area (Å²) in [5.74, 6) is -0.0865. The van der Waals surface area contributed by atoms with Gasteiger partial charge in [0.2, 0.25) is 0 Å². The van der Waals surface area contributed by atoms with Gasteiger partial charge in [0.05, 0.1) is 6.42 Å². The topological polar surface area (TPSA) is 40.5 Å². The second kappa shape index (κ2) is 6.11. The highest BCUT2D eigenvalue weighted by Crippen LogP contribution is 2.28. The Morgan fingerprint density at radius 3 is 2.20 bits per heavy atom. The van der Waals surface area contributed by atoms with Crippen molar-refractivity contribution in [3.8, 4) is 0 Å². The van der Waals surface area contributed by atoms with Crippen LogP contribution in [0.3, 0.4) is 0 Å². The van der Waals surface area contributed by atoms with Crippen molar-refractivity contribution in [3.63, 3.8) is 0 Å². The molecule has 0 aromatic rings. The molecule has 1 unspecified atom stereocenters. The standard InChI is InChI=1S/C12H23NO2/c1-13(2)11(9-12(14)15)10-7-5-3-4-6-8-10/h10-11H,3-9H2,1-2H3,(H,14,15). The van der Waals surface area contributed by atoms with Gasteiger partial charge in [-0.3, -0.25) is 4.79 Å². The van der Waals surface area contributed by atoms with Crippen molar-refractivity contribution < 1.29 is 9.90 Å². The second-order valence-corrected chi connectivity index (χ2v) is 4.88. The first-order valence-electron chi connectivity index (χ1n) is 5.99. The fraction of sp³-hybridized carbons (Fsp3) is 0.917. The molecule has 0 saturated heterocycles. The third-order valence-electron chi connectivity index (χ3n) is 3.49. The second-order valence-electron chi connectivity index (χ2n) is 4.88. The molecule has 1 N–H and O–H groups in total. The molecule has 3 nitrogen and oxygen atoms in total. The lowest BCUT2D eigenvalue weighted by molar-refractivity contribution is -0.138. The molecule has 1 rings (SSSR count). The van der Waals surface area contributed by atoms with Crippen LogP contribution in [0, 0.1) is 5.92 Å². The van der Waals surface area contributed by atoms with E-state index in [2.05, 4.69) is 4.90 Å². The van der Waals surface area contributed by atoms with E-state index in [0.29, 0.717) is 5.92 Å². The summed E-state index contributed by atoms with van der Waals surface area (Å²) in [5, 5.41) is 8.91. The minimum Gasteiger partial charge on any atom is -0.481 e. The van der Waals surface area contributed by atoms with Gasteiger partial charge in [-0.15, -0.1) is 0 Å². The molecule has 3 heteroatoms. The molecule has 1 aliphatic carbocycles. The minimum absolute atomic E-state index is 0.223. The Labute approximate surface area is 92.5 Å². The molecule has 0 spiro atoms. The minimum atomic E-state index is -0.669. The van der Waals surface area contributed by atoms with Crippen LogP contribution in [0.4, 0.5) is 0 Å². The van der Waals surface area contributed by atoms with Crippen molar-refractivity contribution in [2.45, 2.75) is 51.0 Å². The van der Waals surface area contributed by atoms with E-state index >= 15 is 0 Å². The molecular formula is C12H23NO2. The van der Waals surface area contributed by atoms with Crippen LogP contribution < -0.4 is 0 Å². The van der Waals surface area contributed by atoms with Crippen molar-refractivity contribution in [1.82, 2.24) is 4.90 Å². The van der Waals surface area contributed by atoms with Crippen molar-refractivity contribution in [3.05, 3.63) is 0 Å². The van der Waals surface area contributed by atoms with E-state index in [1.54, 1.807) is 0 Å². The summed E-state index contributed by atoms with van der Waals surface area (Å²) in [6.07, 6.45) is 7.89. The highest BCUT2D eigenvalue weighted by atomic mass is 16.4. The predicted molar refractivity (Wildman–Crippen MR) is 60.9 cm³/mol.